The molecule has 0 bridgehead atoms. The van der Waals surface area contributed by atoms with Crippen LogP contribution < -0.4 is 5.32 Å². The SMILES string of the molecule is CCCNCC(O)CN1CCC(C)(CC)CC1. The van der Waals surface area contributed by atoms with Crippen LogP contribution in [0.1, 0.15) is 46.5 Å². The largest absolute Gasteiger partial charge is 0.390 e. The number of hydrogen-bond acceptors (Lipinski definition) is 3. The highest BCUT2D eigenvalue weighted by molar-refractivity contribution is 4.82. The average Bonchev–Trinajstić information content (AvgIpc) is 2.33. The monoisotopic (exact) mass is 242 g/mol. The number of nitrogens with one attached hydrogen (secondary N) is 1. The van der Waals surface area contributed by atoms with Crippen LogP contribution in [0.15, 0.2) is 0 Å². The molecule has 0 saturated carbocycles. The van der Waals surface area contributed by atoms with Gasteiger partial charge >= 0.3 is 0 Å². The minimum absolute atomic E-state index is 0.215. The van der Waals surface area contributed by atoms with Crippen LogP contribution in [0.2, 0.25) is 0 Å². The van der Waals surface area contributed by atoms with Crippen LogP contribution in [-0.2, 0) is 0 Å². The van der Waals surface area contributed by atoms with E-state index in [4.69, 9.17) is 0 Å². The van der Waals surface area contributed by atoms with E-state index in [0.717, 1.165) is 39.1 Å². The van der Waals surface area contributed by atoms with Crippen LogP contribution in [0.3, 0.4) is 0 Å². The normalized spacial score (nSPS) is 22.6. The number of aliphatic hydroxyl groups is 1. The molecule has 1 aliphatic heterocycles. The van der Waals surface area contributed by atoms with Gasteiger partial charge in [-0.25, -0.2) is 0 Å². The predicted octanol–water partition coefficient (Wildman–Crippen LogP) is 1.86. The van der Waals surface area contributed by atoms with Gasteiger partial charge in [0.1, 0.15) is 0 Å². The number of β-amino-alcohol motifs (C(OH)–C–C–N with tert-alkyl or cyclic N) is 1. The molecule has 3 heteroatoms. The maximum absolute atomic E-state index is 9.91. The first-order valence-corrected chi connectivity index (χ1v) is 7.21. The predicted molar refractivity (Wildman–Crippen MR) is 73.2 cm³/mol. The Kier molecular flexibility index (Phi) is 6.45. The molecule has 0 aromatic carbocycles. The Morgan fingerprint density at radius 3 is 2.47 bits per heavy atom. The van der Waals surface area contributed by atoms with Gasteiger partial charge in [0.05, 0.1) is 6.10 Å². The molecule has 1 fully saturated rings. The molecular weight excluding hydrogens is 212 g/mol. The van der Waals surface area contributed by atoms with E-state index in [2.05, 4.69) is 31.0 Å². The van der Waals surface area contributed by atoms with Crippen molar-refractivity contribution < 1.29 is 5.11 Å². The Hall–Kier alpha value is -0.120. The van der Waals surface area contributed by atoms with Crippen LogP contribution in [0.25, 0.3) is 0 Å². The summed E-state index contributed by atoms with van der Waals surface area (Å²) in [5, 5.41) is 13.2. The summed E-state index contributed by atoms with van der Waals surface area (Å²) in [5.41, 5.74) is 0.544. The first-order valence-electron chi connectivity index (χ1n) is 7.21. The lowest BCUT2D eigenvalue weighted by atomic mass is 9.78. The Morgan fingerprint density at radius 1 is 1.29 bits per heavy atom. The highest BCUT2D eigenvalue weighted by Gasteiger charge is 2.28. The van der Waals surface area contributed by atoms with Crippen molar-refractivity contribution >= 4 is 0 Å². The number of aliphatic hydroxyl groups excluding tert-OH is 1. The molecule has 1 aliphatic rings. The van der Waals surface area contributed by atoms with Gasteiger partial charge in [0, 0.05) is 13.1 Å². The molecule has 1 atom stereocenters. The van der Waals surface area contributed by atoms with Gasteiger partial charge in [0.15, 0.2) is 0 Å². The molecule has 1 saturated heterocycles. The van der Waals surface area contributed by atoms with E-state index >= 15 is 0 Å². The minimum Gasteiger partial charge on any atom is -0.390 e. The van der Waals surface area contributed by atoms with Crippen molar-refractivity contribution in [3.63, 3.8) is 0 Å². The molecule has 1 rings (SSSR count). The molecule has 1 unspecified atom stereocenters. The van der Waals surface area contributed by atoms with Crippen molar-refractivity contribution in [3.8, 4) is 0 Å². The summed E-state index contributed by atoms with van der Waals surface area (Å²) < 4.78 is 0. The lowest BCUT2D eigenvalue weighted by molar-refractivity contribution is 0.0629. The lowest BCUT2D eigenvalue weighted by Crippen LogP contribution is -2.44. The maximum atomic E-state index is 9.91. The van der Waals surface area contributed by atoms with Crippen molar-refractivity contribution in [2.75, 3.05) is 32.7 Å². The van der Waals surface area contributed by atoms with Crippen molar-refractivity contribution in [2.45, 2.75) is 52.6 Å². The van der Waals surface area contributed by atoms with Crippen LogP contribution in [0.4, 0.5) is 0 Å². The van der Waals surface area contributed by atoms with Crippen LogP contribution in [0.5, 0.6) is 0 Å². The summed E-state index contributed by atoms with van der Waals surface area (Å²) in [6.07, 6.45) is 4.75. The summed E-state index contributed by atoms with van der Waals surface area (Å²) in [7, 11) is 0. The molecule has 3 nitrogen and oxygen atoms in total. The Balaban J connectivity index is 2.17. The third-order valence-electron chi connectivity index (χ3n) is 4.19. The first kappa shape index (κ1) is 14.9. The van der Waals surface area contributed by atoms with Gasteiger partial charge in [-0.05, 0) is 44.3 Å². The molecule has 0 aromatic heterocycles. The fraction of sp³-hybridized carbons (Fsp3) is 1.00. The van der Waals surface area contributed by atoms with Crippen molar-refractivity contribution in [3.05, 3.63) is 0 Å². The Morgan fingerprint density at radius 2 is 1.94 bits per heavy atom. The van der Waals surface area contributed by atoms with Gasteiger partial charge in [0.2, 0.25) is 0 Å². The first-order chi connectivity index (χ1) is 8.09. The summed E-state index contributed by atoms with van der Waals surface area (Å²) in [6.45, 7) is 11.7. The van der Waals surface area contributed by atoms with Gasteiger partial charge in [-0.1, -0.05) is 27.2 Å². The second-order valence-corrected chi connectivity index (χ2v) is 5.82. The van der Waals surface area contributed by atoms with Gasteiger partial charge in [-0.3, -0.25) is 0 Å². The third kappa shape index (κ3) is 5.36. The van der Waals surface area contributed by atoms with Crippen molar-refractivity contribution in [2.24, 2.45) is 5.41 Å². The average molecular weight is 242 g/mol. The smallest absolute Gasteiger partial charge is 0.0791 e. The lowest BCUT2D eigenvalue weighted by Gasteiger charge is -2.39. The molecule has 0 spiro atoms. The number of likely N-dealkylation sites (tertiary alicyclic amines) is 1. The van der Waals surface area contributed by atoms with E-state index < -0.39 is 0 Å². The summed E-state index contributed by atoms with van der Waals surface area (Å²) in [4.78, 5) is 2.41. The molecular formula is C14H30N2O. The molecule has 0 amide bonds. The number of nitrogens with zero attached hydrogens (tertiary/aromatic N) is 1. The molecule has 2 N–H and O–H groups in total. The van der Waals surface area contributed by atoms with E-state index in [-0.39, 0.29) is 6.10 Å². The van der Waals surface area contributed by atoms with E-state index in [9.17, 15) is 5.11 Å². The Bertz CT molecular complexity index is 200. The molecule has 17 heavy (non-hydrogen) atoms. The maximum Gasteiger partial charge on any atom is 0.0791 e. The second-order valence-electron chi connectivity index (χ2n) is 5.82. The van der Waals surface area contributed by atoms with E-state index in [1.165, 1.54) is 19.3 Å². The summed E-state index contributed by atoms with van der Waals surface area (Å²) >= 11 is 0. The second kappa shape index (κ2) is 7.34. The van der Waals surface area contributed by atoms with Crippen molar-refractivity contribution in [1.82, 2.24) is 10.2 Å². The Labute approximate surface area is 107 Å². The standard InChI is InChI=1S/C14H30N2O/c1-4-8-15-11-13(17)12-16-9-6-14(3,5-2)7-10-16/h13,15,17H,4-12H2,1-3H3. The van der Waals surface area contributed by atoms with Crippen LogP contribution in [0, 0.1) is 5.41 Å². The topological polar surface area (TPSA) is 35.5 Å². The fourth-order valence-electron chi connectivity index (χ4n) is 2.44. The zero-order chi connectivity index (χ0) is 12.7. The summed E-state index contributed by atoms with van der Waals surface area (Å²) in [5.74, 6) is 0. The molecule has 0 aliphatic carbocycles. The molecule has 0 aromatic rings. The van der Waals surface area contributed by atoms with Crippen LogP contribution >= 0.6 is 0 Å². The minimum atomic E-state index is -0.215. The number of rotatable bonds is 7. The highest BCUT2D eigenvalue weighted by Crippen LogP contribution is 2.33. The molecule has 102 valence electrons. The zero-order valence-corrected chi connectivity index (χ0v) is 11.8. The summed E-state index contributed by atoms with van der Waals surface area (Å²) in [6, 6.07) is 0. The number of hydrogen-bond donors (Lipinski definition) is 2. The third-order valence-corrected chi connectivity index (χ3v) is 4.19. The zero-order valence-electron chi connectivity index (χ0n) is 11.8. The molecule has 1 heterocycles. The van der Waals surface area contributed by atoms with E-state index in [0.29, 0.717) is 5.41 Å². The van der Waals surface area contributed by atoms with Crippen LogP contribution in [-0.4, -0.2) is 48.8 Å². The quantitative estimate of drug-likeness (QED) is 0.669. The van der Waals surface area contributed by atoms with Gasteiger partial charge in [-0.15, -0.1) is 0 Å². The van der Waals surface area contributed by atoms with E-state index in [1.54, 1.807) is 0 Å². The molecule has 0 radical (unpaired) electrons. The highest BCUT2D eigenvalue weighted by atomic mass is 16.3. The van der Waals surface area contributed by atoms with Gasteiger partial charge in [0.25, 0.3) is 0 Å². The van der Waals surface area contributed by atoms with Crippen molar-refractivity contribution in [1.29, 1.82) is 0 Å². The fourth-order valence-corrected chi connectivity index (χ4v) is 2.44. The van der Waals surface area contributed by atoms with Gasteiger partial charge < -0.3 is 15.3 Å². The van der Waals surface area contributed by atoms with E-state index in [1.807, 2.05) is 0 Å². The number of piperidine rings is 1. The van der Waals surface area contributed by atoms with Gasteiger partial charge in [-0.2, -0.15) is 0 Å².